The summed E-state index contributed by atoms with van der Waals surface area (Å²) in [6.45, 7) is 6.67. The first kappa shape index (κ1) is 25.5. The maximum atomic E-state index is 3.31. The number of aromatic nitrogens is 4. The molecule has 4 rings (SSSR count). The average molecular weight is 481 g/mol. The molecule has 0 aliphatic heterocycles. The summed E-state index contributed by atoms with van der Waals surface area (Å²) in [5, 5.41) is 0. The van der Waals surface area contributed by atoms with Gasteiger partial charge < -0.3 is 0 Å². The minimum absolute atomic E-state index is 1.02. The van der Waals surface area contributed by atoms with E-state index in [4.69, 9.17) is 0 Å². The summed E-state index contributed by atoms with van der Waals surface area (Å²) in [6, 6.07) is 16.9. The summed E-state index contributed by atoms with van der Waals surface area (Å²) in [6.07, 6.45) is 23.2. The Hall–Kier alpha value is -3.58. The van der Waals surface area contributed by atoms with Crippen LogP contribution in [-0.2, 0) is 13.1 Å². The van der Waals surface area contributed by atoms with Crippen LogP contribution >= 0.6 is 0 Å². The molecule has 186 valence electrons. The van der Waals surface area contributed by atoms with Gasteiger partial charge in [0, 0.05) is 11.1 Å². The molecule has 0 saturated carbocycles. The third-order valence-corrected chi connectivity index (χ3v) is 6.60. The number of benzene rings is 2. The zero-order chi connectivity index (χ0) is 25.0. The minimum Gasteiger partial charge on any atom is -0.236 e. The Morgan fingerprint density at radius 1 is 0.556 bits per heavy atom. The molecule has 0 atom stereocenters. The number of hydrogen-bond donors (Lipinski definition) is 0. The van der Waals surface area contributed by atoms with E-state index in [0.29, 0.717) is 0 Å². The SMILES string of the molecule is CCCCCC[n+]1ccn(-c2ccc(C#Cc3ccc(-n4cc[n+](CCCCCC)c4)cc3)cc2)c1. The first-order valence-corrected chi connectivity index (χ1v) is 13.6. The van der Waals surface area contributed by atoms with E-state index in [-0.39, 0.29) is 0 Å². The maximum Gasteiger partial charge on any atom is 0.248 e. The zero-order valence-electron chi connectivity index (χ0n) is 21.9. The predicted molar refractivity (Wildman–Crippen MR) is 146 cm³/mol. The van der Waals surface area contributed by atoms with Crippen molar-refractivity contribution in [2.75, 3.05) is 0 Å². The molecule has 0 radical (unpaired) electrons. The molecule has 2 heterocycles. The summed E-state index contributed by atoms with van der Waals surface area (Å²) >= 11 is 0. The molecule has 0 unspecified atom stereocenters. The van der Waals surface area contributed by atoms with E-state index in [0.717, 1.165) is 35.6 Å². The van der Waals surface area contributed by atoms with E-state index in [1.165, 1.54) is 51.4 Å². The van der Waals surface area contributed by atoms with Gasteiger partial charge in [-0.1, -0.05) is 51.4 Å². The van der Waals surface area contributed by atoms with Crippen LogP contribution in [0.2, 0.25) is 0 Å². The minimum atomic E-state index is 1.02. The zero-order valence-corrected chi connectivity index (χ0v) is 21.9. The molecule has 36 heavy (non-hydrogen) atoms. The molecule has 2 aromatic heterocycles. The number of unbranched alkanes of at least 4 members (excludes halogenated alkanes) is 6. The fourth-order valence-corrected chi connectivity index (χ4v) is 4.38. The van der Waals surface area contributed by atoms with E-state index >= 15 is 0 Å². The van der Waals surface area contributed by atoms with Crippen LogP contribution in [-0.4, -0.2) is 9.13 Å². The number of aryl methyl sites for hydroxylation is 2. The molecule has 0 aliphatic rings. The van der Waals surface area contributed by atoms with Crippen molar-refractivity contribution in [3.8, 4) is 23.2 Å². The molecule has 0 saturated heterocycles. The summed E-state index contributed by atoms with van der Waals surface area (Å²) in [5.41, 5.74) is 4.37. The number of imidazole rings is 2. The van der Waals surface area contributed by atoms with Crippen molar-refractivity contribution in [2.45, 2.75) is 78.3 Å². The summed E-state index contributed by atoms with van der Waals surface area (Å²) < 4.78 is 8.89. The highest BCUT2D eigenvalue weighted by Crippen LogP contribution is 2.11. The Morgan fingerprint density at radius 3 is 1.36 bits per heavy atom. The van der Waals surface area contributed by atoms with Gasteiger partial charge in [-0.3, -0.25) is 0 Å². The second-order valence-electron chi connectivity index (χ2n) is 9.58. The lowest BCUT2D eigenvalue weighted by Crippen LogP contribution is -2.30. The van der Waals surface area contributed by atoms with Crippen LogP contribution in [0.1, 0.15) is 76.3 Å². The Bertz CT molecular complexity index is 1150. The Morgan fingerprint density at radius 2 is 0.972 bits per heavy atom. The molecule has 0 fully saturated rings. The normalized spacial score (nSPS) is 10.8. The monoisotopic (exact) mass is 480 g/mol. The van der Waals surface area contributed by atoms with E-state index in [2.05, 4.69) is 130 Å². The Kier molecular flexibility index (Phi) is 9.56. The summed E-state index contributed by atoms with van der Waals surface area (Å²) in [5.74, 6) is 6.61. The molecule has 0 amide bonds. The number of rotatable bonds is 12. The van der Waals surface area contributed by atoms with Crippen molar-refractivity contribution < 1.29 is 9.13 Å². The van der Waals surface area contributed by atoms with Crippen LogP contribution in [0.5, 0.6) is 0 Å². The average Bonchev–Trinajstić information content (AvgIpc) is 3.59. The number of hydrogen-bond acceptors (Lipinski definition) is 0. The molecule has 0 spiro atoms. The van der Waals surface area contributed by atoms with E-state index < -0.39 is 0 Å². The highest BCUT2D eigenvalue weighted by atomic mass is 15.1. The maximum absolute atomic E-state index is 3.31. The smallest absolute Gasteiger partial charge is 0.236 e. The van der Waals surface area contributed by atoms with Crippen molar-refractivity contribution in [1.82, 2.24) is 9.13 Å². The first-order chi connectivity index (χ1) is 17.7. The molecule has 0 bridgehead atoms. The van der Waals surface area contributed by atoms with Crippen molar-refractivity contribution in [2.24, 2.45) is 0 Å². The fraction of sp³-hybridized carbons (Fsp3) is 0.375. The Labute approximate surface area is 216 Å². The van der Waals surface area contributed by atoms with Gasteiger partial charge in [-0.25, -0.2) is 18.3 Å². The van der Waals surface area contributed by atoms with Gasteiger partial charge in [0.2, 0.25) is 12.7 Å². The second-order valence-corrected chi connectivity index (χ2v) is 9.58. The third kappa shape index (κ3) is 7.46. The molecule has 0 aliphatic carbocycles. The van der Waals surface area contributed by atoms with Crippen LogP contribution in [0, 0.1) is 11.8 Å². The fourth-order valence-electron chi connectivity index (χ4n) is 4.38. The first-order valence-electron chi connectivity index (χ1n) is 13.6. The predicted octanol–water partition coefficient (Wildman–Crippen LogP) is 6.40. The molecule has 2 aromatic carbocycles. The van der Waals surface area contributed by atoms with Crippen LogP contribution < -0.4 is 9.13 Å². The highest BCUT2D eigenvalue weighted by molar-refractivity contribution is 5.47. The number of nitrogens with zero attached hydrogens (tertiary/aromatic N) is 4. The topological polar surface area (TPSA) is 17.6 Å². The van der Waals surface area contributed by atoms with Gasteiger partial charge in [-0.15, -0.1) is 0 Å². The summed E-state index contributed by atoms with van der Waals surface area (Å²) in [7, 11) is 0. The van der Waals surface area contributed by atoms with Gasteiger partial charge >= 0.3 is 0 Å². The van der Waals surface area contributed by atoms with Crippen LogP contribution in [0.25, 0.3) is 11.4 Å². The molecule has 4 aromatic rings. The van der Waals surface area contributed by atoms with Gasteiger partial charge in [-0.2, -0.15) is 0 Å². The molecular formula is C32H40N4+2. The molecular weight excluding hydrogens is 440 g/mol. The summed E-state index contributed by atoms with van der Waals surface area (Å²) in [4.78, 5) is 0. The quantitative estimate of drug-likeness (QED) is 0.127. The van der Waals surface area contributed by atoms with Crippen molar-refractivity contribution in [3.63, 3.8) is 0 Å². The van der Waals surface area contributed by atoms with Crippen molar-refractivity contribution >= 4 is 0 Å². The standard InChI is InChI=1S/C32H40N4/c1-3-5-7-9-21-33-23-25-35(27-33)31-17-13-29(14-18-31)11-12-30-15-19-32(20-16-30)36-26-24-34(28-36)22-10-8-6-4-2/h13-20,23-28H,3-10,21-22H2,1-2H3/q+2. The molecule has 4 nitrogen and oxygen atoms in total. The van der Waals surface area contributed by atoms with Crippen LogP contribution in [0.15, 0.2) is 86.0 Å². The van der Waals surface area contributed by atoms with Gasteiger partial charge in [0.05, 0.1) is 13.1 Å². The van der Waals surface area contributed by atoms with Crippen molar-refractivity contribution in [3.05, 3.63) is 97.1 Å². The Balaban J connectivity index is 1.32. The largest absolute Gasteiger partial charge is 0.248 e. The van der Waals surface area contributed by atoms with Gasteiger partial charge in [-0.05, 0) is 74.2 Å². The van der Waals surface area contributed by atoms with E-state index in [1.54, 1.807) is 0 Å². The van der Waals surface area contributed by atoms with Gasteiger partial charge in [0.15, 0.2) is 0 Å². The lowest BCUT2D eigenvalue weighted by atomic mass is 10.1. The van der Waals surface area contributed by atoms with E-state index in [9.17, 15) is 0 Å². The second kappa shape index (κ2) is 13.5. The highest BCUT2D eigenvalue weighted by Gasteiger charge is 2.07. The molecule has 4 heteroatoms. The van der Waals surface area contributed by atoms with Crippen LogP contribution in [0.4, 0.5) is 0 Å². The lowest BCUT2D eigenvalue weighted by molar-refractivity contribution is -0.696. The van der Waals surface area contributed by atoms with Crippen LogP contribution in [0.3, 0.4) is 0 Å². The van der Waals surface area contributed by atoms with Crippen molar-refractivity contribution in [1.29, 1.82) is 0 Å². The van der Waals surface area contributed by atoms with E-state index in [1.807, 2.05) is 0 Å². The van der Waals surface area contributed by atoms with Gasteiger partial charge in [0.1, 0.15) is 36.2 Å². The molecule has 0 N–H and O–H groups in total. The lowest BCUT2D eigenvalue weighted by Gasteiger charge is -1.98. The third-order valence-electron chi connectivity index (χ3n) is 6.60. The van der Waals surface area contributed by atoms with Gasteiger partial charge in [0.25, 0.3) is 0 Å².